The number of pyridine rings is 1. The molecule has 2 aromatic carbocycles. The third-order valence-electron chi connectivity index (χ3n) is 6.81. The lowest BCUT2D eigenvalue weighted by Gasteiger charge is -2.32. The third kappa shape index (κ3) is 4.38. The number of imidazole rings is 1. The van der Waals surface area contributed by atoms with Crippen LogP contribution < -0.4 is 15.4 Å². The van der Waals surface area contributed by atoms with E-state index in [0.717, 1.165) is 42.5 Å². The molecule has 4 aromatic rings. The SMILES string of the molecule is CC(CO)(CO)COc1ccc2c(ncn2-c2ccc3cccc(N4CCC(N)CC4)c3n2)c1O. The minimum atomic E-state index is -0.813. The topological polar surface area (TPSA) is 130 Å². The van der Waals surface area contributed by atoms with Crippen LogP contribution in [0.3, 0.4) is 0 Å². The van der Waals surface area contributed by atoms with Crippen molar-refractivity contribution in [2.24, 2.45) is 11.1 Å². The van der Waals surface area contributed by atoms with Gasteiger partial charge in [0.05, 0.1) is 36.5 Å². The van der Waals surface area contributed by atoms with Crippen LogP contribution >= 0.6 is 0 Å². The first-order valence-corrected chi connectivity index (χ1v) is 11.9. The molecule has 0 aliphatic carbocycles. The van der Waals surface area contributed by atoms with Crippen molar-refractivity contribution in [3.05, 3.63) is 48.8 Å². The number of benzene rings is 2. The molecule has 0 atom stereocenters. The Morgan fingerprint density at radius 3 is 2.57 bits per heavy atom. The predicted molar refractivity (Wildman–Crippen MR) is 135 cm³/mol. The summed E-state index contributed by atoms with van der Waals surface area (Å²) in [6.07, 6.45) is 3.56. The number of nitrogens with two attached hydrogens (primary N) is 1. The Kier molecular flexibility index (Phi) is 6.22. The maximum atomic E-state index is 10.8. The van der Waals surface area contributed by atoms with Crippen LogP contribution in [0.4, 0.5) is 5.69 Å². The number of hydrogen-bond donors (Lipinski definition) is 4. The van der Waals surface area contributed by atoms with Crippen molar-refractivity contribution in [3.63, 3.8) is 0 Å². The lowest BCUT2D eigenvalue weighted by Crippen LogP contribution is -2.39. The number of phenolic OH excluding ortho intramolecular Hbond substituents is 1. The molecule has 0 saturated carbocycles. The zero-order valence-corrected chi connectivity index (χ0v) is 19.8. The average Bonchev–Trinajstić information content (AvgIpc) is 3.33. The Balaban J connectivity index is 1.49. The van der Waals surface area contributed by atoms with Gasteiger partial charge in [-0.15, -0.1) is 0 Å². The number of rotatable bonds is 7. The molecule has 0 spiro atoms. The molecule has 1 fully saturated rings. The van der Waals surface area contributed by atoms with Crippen molar-refractivity contribution < 1.29 is 20.1 Å². The van der Waals surface area contributed by atoms with E-state index in [4.69, 9.17) is 15.5 Å². The molecule has 1 aliphatic rings. The number of phenols is 1. The highest BCUT2D eigenvalue weighted by molar-refractivity contribution is 5.92. The van der Waals surface area contributed by atoms with Crippen molar-refractivity contribution >= 4 is 27.6 Å². The van der Waals surface area contributed by atoms with Crippen molar-refractivity contribution in [2.75, 3.05) is 37.8 Å². The van der Waals surface area contributed by atoms with Gasteiger partial charge in [-0.2, -0.15) is 0 Å². The lowest BCUT2D eigenvalue weighted by atomic mass is 9.94. The lowest BCUT2D eigenvalue weighted by molar-refractivity contribution is 0.0280. The smallest absolute Gasteiger partial charge is 0.186 e. The predicted octanol–water partition coefficient (Wildman–Crippen LogP) is 2.58. The van der Waals surface area contributed by atoms with Crippen LogP contribution in [0.2, 0.25) is 0 Å². The fourth-order valence-corrected chi connectivity index (χ4v) is 4.39. The number of aliphatic hydroxyl groups excluding tert-OH is 2. The van der Waals surface area contributed by atoms with Gasteiger partial charge in [0, 0.05) is 29.9 Å². The maximum absolute atomic E-state index is 10.8. The molecule has 1 saturated heterocycles. The molecule has 5 N–H and O–H groups in total. The summed E-state index contributed by atoms with van der Waals surface area (Å²) < 4.78 is 7.55. The molecule has 5 rings (SSSR count). The zero-order valence-electron chi connectivity index (χ0n) is 19.8. The number of anilines is 1. The Hall–Kier alpha value is -3.40. The normalized spacial score (nSPS) is 15.3. The third-order valence-corrected chi connectivity index (χ3v) is 6.81. The van der Waals surface area contributed by atoms with Gasteiger partial charge in [-0.25, -0.2) is 9.97 Å². The van der Waals surface area contributed by atoms with Crippen molar-refractivity contribution in [3.8, 4) is 17.3 Å². The van der Waals surface area contributed by atoms with Crippen molar-refractivity contribution in [1.82, 2.24) is 14.5 Å². The molecule has 0 amide bonds. The van der Waals surface area contributed by atoms with Crippen LogP contribution in [0.1, 0.15) is 19.8 Å². The summed E-state index contributed by atoms with van der Waals surface area (Å²) in [5.41, 5.74) is 8.37. The number of aromatic nitrogens is 3. The largest absolute Gasteiger partial charge is 0.503 e. The minimum absolute atomic E-state index is 0.0518. The number of hydrogen-bond acceptors (Lipinski definition) is 8. The highest BCUT2D eigenvalue weighted by Crippen LogP contribution is 2.36. The second kappa shape index (κ2) is 9.33. The number of aliphatic hydroxyl groups is 2. The van der Waals surface area contributed by atoms with Crippen LogP contribution in [-0.4, -0.2) is 68.8 Å². The van der Waals surface area contributed by atoms with Crippen LogP contribution in [-0.2, 0) is 0 Å². The fourth-order valence-electron chi connectivity index (χ4n) is 4.39. The summed E-state index contributed by atoms with van der Waals surface area (Å²) >= 11 is 0. The van der Waals surface area contributed by atoms with E-state index in [1.165, 1.54) is 0 Å². The molecule has 35 heavy (non-hydrogen) atoms. The molecule has 0 bridgehead atoms. The highest BCUT2D eigenvalue weighted by Gasteiger charge is 2.25. The Morgan fingerprint density at radius 2 is 1.83 bits per heavy atom. The second-order valence-electron chi connectivity index (χ2n) is 9.65. The van der Waals surface area contributed by atoms with Gasteiger partial charge in [0.2, 0.25) is 0 Å². The van der Waals surface area contributed by atoms with E-state index in [-0.39, 0.29) is 37.4 Å². The monoisotopic (exact) mass is 477 g/mol. The van der Waals surface area contributed by atoms with E-state index in [1.807, 2.05) is 22.8 Å². The summed E-state index contributed by atoms with van der Waals surface area (Å²) in [5, 5.41) is 30.8. The summed E-state index contributed by atoms with van der Waals surface area (Å²) in [6, 6.07) is 13.9. The summed E-state index contributed by atoms with van der Waals surface area (Å²) in [5.74, 6) is 0.848. The van der Waals surface area contributed by atoms with Gasteiger partial charge in [0.15, 0.2) is 11.5 Å². The quantitative estimate of drug-likeness (QED) is 0.320. The first kappa shape index (κ1) is 23.3. The van der Waals surface area contributed by atoms with E-state index in [2.05, 4.69) is 28.1 Å². The fraction of sp³-hybridized carbons (Fsp3) is 0.385. The molecule has 3 heterocycles. The van der Waals surface area contributed by atoms with Gasteiger partial charge in [-0.05, 0) is 43.2 Å². The number of aromatic hydroxyl groups is 1. The van der Waals surface area contributed by atoms with Crippen LogP contribution in [0, 0.1) is 5.41 Å². The van der Waals surface area contributed by atoms with Gasteiger partial charge >= 0.3 is 0 Å². The molecular formula is C26H31N5O4. The number of para-hydroxylation sites is 1. The van der Waals surface area contributed by atoms with Crippen LogP contribution in [0.5, 0.6) is 11.5 Å². The minimum Gasteiger partial charge on any atom is -0.503 e. The second-order valence-corrected chi connectivity index (χ2v) is 9.65. The molecule has 2 aromatic heterocycles. The van der Waals surface area contributed by atoms with Crippen LogP contribution in [0.25, 0.3) is 27.8 Å². The molecule has 0 unspecified atom stereocenters. The van der Waals surface area contributed by atoms with Gasteiger partial charge < -0.3 is 30.7 Å². The Bertz CT molecular complexity index is 1340. The number of nitrogens with zero attached hydrogens (tertiary/aromatic N) is 4. The molecule has 184 valence electrons. The van der Waals surface area contributed by atoms with Gasteiger partial charge in [-0.3, -0.25) is 4.57 Å². The van der Waals surface area contributed by atoms with Gasteiger partial charge in [0.25, 0.3) is 0 Å². The molecule has 9 heteroatoms. The molecular weight excluding hydrogens is 446 g/mol. The maximum Gasteiger partial charge on any atom is 0.186 e. The Labute approximate surface area is 203 Å². The first-order valence-electron chi connectivity index (χ1n) is 11.9. The van der Waals surface area contributed by atoms with E-state index in [0.29, 0.717) is 16.9 Å². The van der Waals surface area contributed by atoms with Gasteiger partial charge in [-0.1, -0.05) is 19.1 Å². The number of ether oxygens (including phenoxy) is 1. The van der Waals surface area contributed by atoms with Crippen molar-refractivity contribution in [2.45, 2.75) is 25.8 Å². The van der Waals surface area contributed by atoms with Crippen molar-refractivity contribution in [1.29, 1.82) is 0 Å². The molecule has 1 aliphatic heterocycles. The highest BCUT2D eigenvalue weighted by atomic mass is 16.5. The summed E-state index contributed by atoms with van der Waals surface area (Å²) in [7, 11) is 0. The summed E-state index contributed by atoms with van der Waals surface area (Å²) in [6.45, 7) is 3.10. The average molecular weight is 478 g/mol. The Morgan fingerprint density at radius 1 is 1.06 bits per heavy atom. The number of piperidine rings is 1. The van der Waals surface area contributed by atoms with E-state index in [1.54, 1.807) is 19.3 Å². The first-order chi connectivity index (χ1) is 16.9. The summed E-state index contributed by atoms with van der Waals surface area (Å²) in [4.78, 5) is 11.7. The molecule has 0 radical (unpaired) electrons. The number of fused-ring (bicyclic) bond motifs is 2. The standard InChI is InChI=1S/C26H31N5O4/c1-26(13-32,14-33)15-35-21-7-6-20-24(25(21)34)28-16-31(20)22-8-5-17-3-2-4-19(23(17)29-22)30-11-9-18(27)10-12-30/h2-8,16,18,32-34H,9-15,27H2,1H3. The molecule has 9 nitrogen and oxygen atoms in total. The zero-order chi connectivity index (χ0) is 24.6. The van der Waals surface area contributed by atoms with E-state index >= 15 is 0 Å². The van der Waals surface area contributed by atoms with Crippen LogP contribution in [0.15, 0.2) is 48.8 Å². The van der Waals surface area contributed by atoms with E-state index in [9.17, 15) is 15.3 Å². The van der Waals surface area contributed by atoms with E-state index < -0.39 is 5.41 Å². The van der Waals surface area contributed by atoms with Gasteiger partial charge in [0.1, 0.15) is 17.7 Å².